The summed E-state index contributed by atoms with van der Waals surface area (Å²) in [5.74, 6) is 2.21. The van der Waals surface area contributed by atoms with E-state index < -0.39 is 5.60 Å². The number of hydrogen-bond acceptors (Lipinski definition) is 6. The molecule has 39 heavy (non-hydrogen) atoms. The van der Waals surface area contributed by atoms with Crippen LogP contribution in [0.15, 0.2) is 42.5 Å². The van der Waals surface area contributed by atoms with Crippen LogP contribution < -0.4 is 4.74 Å². The van der Waals surface area contributed by atoms with Gasteiger partial charge in [0, 0.05) is 51.6 Å². The Morgan fingerprint density at radius 3 is 2.87 bits per heavy atom. The molecule has 10 rings (SSSR count). The largest absolute Gasteiger partial charge is 0.504 e. The first kappa shape index (κ1) is 23.6. The molecule has 7 aliphatic rings. The van der Waals surface area contributed by atoms with Gasteiger partial charge in [-0.25, -0.2) is 0 Å². The van der Waals surface area contributed by atoms with Crippen LogP contribution in [0.5, 0.6) is 11.5 Å². The van der Waals surface area contributed by atoms with Crippen molar-refractivity contribution in [3.63, 3.8) is 0 Å². The zero-order chi connectivity index (χ0) is 26.0. The molecule has 6 heteroatoms. The normalized spacial score (nSPS) is 37.7. The predicted octanol–water partition coefficient (Wildman–Crippen LogP) is 6.05. The molecule has 2 aromatic carbocycles. The fourth-order valence-electron chi connectivity index (χ4n) is 10.2. The van der Waals surface area contributed by atoms with Gasteiger partial charge in [0.25, 0.3) is 0 Å². The Labute approximate surface area is 234 Å². The first-order valence-electron chi connectivity index (χ1n) is 14.9. The van der Waals surface area contributed by atoms with Crippen molar-refractivity contribution in [1.82, 2.24) is 4.90 Å². The number of ether oxygens (including phenoxy) is 3. The van der Waals surface area contributed by atoms with Gasteiger partial charge in [-0.2, -0.15) is 0 Å². The van der Waals surface area contributed by atoms with E-state index >= 15 is 0 Å². The third kappa shape index (κ3) is 2.91. The zero-order valence-corrected chi connectivity index (χ0v) is 23.5. The molecule has 3 aromatic rings. The molecule has 0 amide bonds. The second kappa shape index (κ2) is 8.00. The molecule has 4 saturated carbocycles. The number of likely N-dealkylation sites (tertiary alicyclic amines) is 1. The molecule has 5 fully saturated rings. The minimum atomic E-state index is -0.398. The lowest BCUT2D eigenvalue weighted by atomic mass is 9.35. The summed E-state index contributed by atoms with van der Waals surface area (Å²) in [5.41, 5.74) is 2.40. The van der Waals surface area contributed by atoms with E-state index in [9.17, 15) is 5.11 Å². The maximum atomic E-state index is 11.0. The van der Waals surface area contributed by atoms with Crippen LogP contribution in [0.2, 0.25) is 0 Å². The predicted molar refractivity (Wildman–Crippen MR) is 152 cm³/mol. The van der Waals surface area contributed by atoms with Gasteiger partial charge in [0.15, 0.2) is 11.5 Å². The molecule has 4 bridgehead atoms. The Balaban J connectivity index is 1.10. The van der Waals surface area contributed by atoms with Gasteiger partial charge in [-0.05, 0) is 86.6 Å². The monoisotopic (exact) mass is 543 g/mol. The van der Waals surface area contributed by atoms with Crippen molar-refractivity contribution in [3.8, 4) is 11.5 Å². The highest BCUT2D eigenvalue weighted by atomic mass is 32.1. The Morgan fingerprint density at radius 1 is 1.13 bits per heavy atom. The number of methoxy groups -OCH3 is 1. The fourth-order valence-corrected chi connectivity index (χ4v) is 11.2. The van der Waals surface area contributed by atoms with Gasteiger partial charge < -0.3 is 19.3 Å². The van der Waals surface area contributed by atoms with Crippen molar-refractivity contribution in [2.24, 2.45) is 17.3 Å². The molecular weight excluding hydrogens is 506 g/mol. The number of aromatic hydroxyl groups is 1. The quantitative estimate of drug-likeness (QED) is 0.393. The molecule has 0 radical (unpaired) electrons. The Bertz CT molecular complexity index is 1450. The summed E-state index contributed by atoms with van der Waals surface area (Å²) >= 11 is 1.83. The molecule has 5 aliphatic carbocycles. The van der Waals surface area contributed by atoms with Gasteiger partial charge in [0.1, 0.15) is 11.7 Å². The van der Waals surface area contributed by atoms with E-state index in [2.05, 4.69) is 41.3 Å². The Kier molecular flexibility index (Phi) is 4.83. The smallest absolute Gasteiger partial charge is 0.165 e. The highest BCUT2D eigenvalue weighted by Gasteiger charge is 2.80. The SMILES string of the molecule is CO[C@]12CC[C@@]3(C[C@H]1COCc1cc4ccccc4s1)[C@H]1Cc4ccc(O)c5c4[C@@]3(CCN1CC1CC1)C2O5. The maximum absolute atomic E-state index is 11.0. The number of piperidine rings is 1. The molecule has 6 atom stereocenters. The summed E-state index contributed by atoms with van der Waals surface area (Å²) in [6, 6.07) is 15.4. The molecule has 1 unspecified atom stereocenters. The molecule has 204 valence electrons. The number of phenolic OH excluding ortho intramolecular Hbond substituents is 1. The molecule has 1 saturated heterocycles. The lowest BCUT2D eigenvalue weighted by Gasteiger charge is -2.74. The van der Waals surface area contributed by atoms with Crippen molar-refractivity contribution < 1.29 is 19.3 Å². The minimum absolute atomic E-state index is 0.0663. The summed E-state index contributed by atoms with van der Waals surface area (Å²) in [4.78, 5) is 4.15. The van der Waals surface area contributed by atoms with Crippen molar-refractivity contribution in [2.75, 3.05) is 26.8 Å². The van der Waals surface area contributed by atoms with E-state index in [-0.39, 0.29) is 22.9 Å². The summed E-state index contributed by atoms with van der Waals surface area (Å²) in [7, 11) is 1.89. The Morgan fingerprint density at radius 2 is 2.03 bits per heavy atom. The Hall–Kier alpha value is -2.12. The summed E-state index contributed by atoms with van der Waals surface area (Å²) in [5, 5.41) is 12.3. The van der Waals surface area contributed by atoms with Crippen LogP contribution in [0.1, 0.15) is 54.5 Å². The molecule has 3 heterocycles. The fraction of sp³-hybridized carbons (Fsp3) is 0.576. The van der Waals surface area contributed by atoms with Crippen molar-refractivity contribution in [2.45, 2.75) is 74.7 Å². The van der Waals surface area contributed by atoms with Crippen molar-refractivity contribution in [3.05, 3.63) is 58.5 Å². The third-order valence-corrected chi connectivity index (χ3v) is 12.9. The van der Waals surface area contributed by atoms with Crippen LogP contribution in [0.4, 0.5) is 0 Å². The molecular formula is C33H37NO4S. The number of benzene rings is 2. The first-order chi connectivity index (χ1) is 19.1. The van der Waals surface area contributed by atoms with Crippen LogP contribution in [0, 0.1) is 17.3 Å². The third-order valence-electron chi connectivity index (χ3n) is 11.8. The molecule has 5 nitrogen and oxygen atoms in total. The van der Waals surface area contributed by atoms with Gasteiger partial charge in [0.2, 0.25) is 0 Å². The lowest BCUT2D eigenvalue weighted by Crippen LogP contribution is -2.81. The number of phenols is 1. The molecule has 2 aliphatic heterocycles. The first-order valence-corrected chi connectivity index (χ1v) is 15.8. The minimum Gasteiger partial charge on any atom is -0.504 e. The van der Waals surface area contributed by atoms with Crippen molar-refractivity contribution >= 4 is 21.4 Å². The van der Waals surface area contributed by atoms with E-state index in [1.54, 1.807) is 0 Å². The van der Waals surface area contributed by atoms with E-state index in [1.165, 1.54) is 51.9 Å². The van der Waals surface area contributed by atoms with E-state index in [1.807, 2.05) is 24.5 Å². The van der Waals surface area contributed by atoms with Gasteiger partial charge in [-0.1, -0.05) is 24.3 Å². The van der Waals surface area contributed by atoms with Gasteiger partial charge in [-0.15, -0.1) is 11.3 Å². The van der Waals surface area contributed by atoms with Gasteiger partial charge >= 0.3 is 0 Å². The van der Waals surface area contributed by atoms with Crippen LogP contribution in [0.25, 0.3) is 10.1 Å². The zero-order valence-electron chi connectivity index (χ0n) is 22.7. The van der Waals surface area contributed by atoms with Crippen LogP contribution >= 0.6 is 11.3 Å². The summed E-state index contributed by atoms with van der Waals surface area (Å²) in [6.45, 7) is 3.70. The summed E-state index contributed by atoms with van der Waals surface area (Å²) < 4.78 is 21.4. The molecule has 1 aromatic heterocycles. The standard InChI is InChI=1S/C33H37NO4S/c1-36-33-11-10-31(16-23(33)18-37-19-24-14-21-4-2-3-5-26(21)39-24)27-15-22-8-9-25(35)29-28(22)32(31,30(33)38-29)12-13-34(27)17-20-6-7-20/h2-5,8-9,14,20,23,27,30,35H,6-7,10-13,15-19H2,1H3/t23-,27+,30?,31+,32-,33+/m0/s1. The average Bonchev–Trinajstić information content (AvgIpc) is 3.54. The van der Waals surface area contributed by atoms with E-state index in [0.29, 0.717) is 25.0 Å². The van der Waals surface area contributed by atoms with Crippen LogP contribution in [0.3, 0.4) is 0 Å². The van der Waals surface area contributed by atoms with Crippen LogP contribution in [-0.2, 0) is 27.9 Å². The maximum Gasteiger partial charge on any atom is 0.165 e. The lowest BCUT2D eigenvalue weighted by molar-refractivity contribution is -0.283. The number of nitrogens with zero attached hydrogens (tertiary/aromatic N) is 1. The van der Waals surface area contributed by atoms with Crippen LogP contribution in [-0.4, -0.2) is 54.6 Å². The number of thiophene rings is 1. The van der Waals surface area contributed by atoms with Gasteiger partial charge in [-0.3, -0.25) is 4.90 Å². The molecule has 1 N–H and O–H groups in total. The summed E-state index contributed by atoms with van der Waals surface area (Å²) in [6.07, 6.45) is 8.19. The average molecular weight is 544 g/mol. The number of rotatable bonds is 7. The number of hydrogen-bond donors (Lipinski definition) is 1. The second-order valence-corrected chi connectivity index (χ2v) is 14.5. The van der Waals surface area contributed by atoms with Crippen molar-refractivity contribution in [1.29, 1.82) is 0 Å². The van der Waals surface area contributed by atoms with Gasteiger partial charge in [0.05, 0.1) is 13.2 Å². The van der Waals surface area contributed by atoms with E-state index in [4.69, 9.17) is 14.2 Å². The highest BCUT2D eigenvalue weighted by molar-refractivity contribution is 7.19. The number of fused-ring (bicyclic) bond motifs is 3. The second-order valence-electron chi connectivity index (χ2n) is 13.3. The van der Waals surface area contributed by atoms with E-state index in [0.717, 1.165) is 43.9 Å². The molecule has 2 spiro atoms. The topological polar surface area (TPSA) is 51.2 Å². The highest BCUT2D eigenvalue weighted by Crippen LogP contribution is 2.76.